The van der Waals surface area contributed by atoms with Gasteiger partial charge in [0.05, 0.1) is 17.4 Å². The van der Waals surface area contributed by atoms with Gasteiger partial charge in [0, 0.05) is 24.2 Å². The first-order valence-corrected chi connectivity index (χ1v) is 9.61. The standard InChI is InChI=1S/C23H21N5O/c1-3-15-6-4-5-7-18(15)23(10-11-23)27-22(29)20-12-16-8-9-19(17-13-24-25-14-17)26-21(16)28(20)2/h3-9,12-14H,1,10-11H2,2H3,(H,24,25)(H,27,29). The van der Waals surface area contributed by atoms with Crippen LogP contribution in [-0.2, 0) is 12.6 Å². The second-order valence-electron chi connectivity index (χ2n) is 7.51. The van der Waals surface area contributed by atoms with Crippen molar-refractivity contribution in [3.05, 3.63) is 78.3 Å². The van der Waals surface area contributed by atoms with Crippen LogP contribution in [0.2, 0.25) is 0 Å². The Labute approximate surface area is 168 Å². The molecule has 1 aliphatic rings. The molecule has 3 aromatic heterocycles. The molecule has 6 nitrogen and oxygen atoms in total. The predicted molar refractivity (Wildman–Crippen MR) is 113 cm³/mol. The summed E-state index contributed by atoms with van der Waals surface area (Å²) in [6.45, 7) is 3.91. The largest absolute Gasteiger partial charge is 0.341 e. The van der Waals surface area contributed by atoms with Crippen LogP contribution in [0.4, 0.5) is 0 Å². The van der Waals surface area contributed by atoms with E-state index < -0.39 is 0 Å². The number of aromatic amines is 1. The minimum absolute atomic E-state index is 0.0910. The van der Waals surface area contributed by atoms with E-state index in [1.807, 2.05) is 54.1 Å². The number of nitrogens with one attached hydrogen (secondary N) is 2. The van der Waals surface area contributed by atoms with Gasteiger partial charge in [0.25, 0.3) is 5.91 Å². The summed E-state index contributed by atoms with van der Waals surface area (Å²) in [4.78, 5) is 17.9. The van der Waals surface area contributed by atoms with Gasteiger partial charge in [-0.15, -0.1) is 0 Å². The van der Waals surface area contributed by atoms with Gasteiger partial charge < -0.3 is 9.88 Å². The van der Waals surface area contributed by atoms with Crippen LogP contribution >= 0.6 is 0 Å². The van der Waals surface area contributed by atoms with Gasteiger partial charge >= 0.3 is 0 Å². The van der Waals surface area contributed by atoms with Gasteiger partial charge in [-0.05, 0) is 42.2 Å². The fourth-order valence-corrected chi connectivity index (χ4v) is 3.95. The number of rotatable bonds is 5. The monoisotopic (exact) mass is 383 g/mol. The van der Waals surface area contributed by atoms with Crippen molar-refractivity contribution in [2.24, 2.45) is 7.05 Å². The number of hydrogen-bond acceptors (Lipinski definition) is 3. The van der Waals surface area contributed by atoms with Crippen molar-refractivity contribution >= 4 is 23.0 Å². The molecule has 1 amide bonds. The number of carbonyl (C=O) groups excluding carboxylic acids is 1. The Hall–Kier alpha value is -3.67. The average molecular weight is 383 g/mol. The van der Waals surface area contributed by atoms with Gasteiger partial charge in [0.1, 0.15) is 11.3 Å². The lowest BCUT2D eigenvalue weighted by atomic mass is 9.98. The van der Waals surface area contributed by atoms with E-state index in [9.17, 15) is 4.79 Å². The Balaban J connectivity index is 1.49. The Bertz CT molecular complexity index is 1230. The number of nitrogens with zero attached hydrogens (tertiary/aromatic N) is 3. The summed E-state index contributed by atoms with van der Waals surface area (Å²) in [5.41, 5.74) is 4.98. The molecule has 0 saturated heterocycles. The maximum Gasteiger partial charge on any atom is 0.268 e. The van der Waals surface area contributed by atoms with Gasteiger partial charge in [-0.25, -0.2) is 4.98 Å². The molecular weight excluding hydrogens is 362 g/mol. The molecule has 1 saturated carbocycles. The maximum atomic E-state index is 13.2. The van der Waals surface area contributed by atoms with Crippen molar-refractivity contribution in [1.29, 1.82) is 0 Å². The lowest BCUT2D eigenvalue weighted by Gasteiger charge is -2.20. The Morgan fingerprint density at radius 2 is 2.10 bits per heavy atom. The SMILES string of the molecule is C=Cc1ccccc1C1(NC(=O)c2cc3ccc(-c4cn[nH]c4)nc3n2C)CC1. The quantitative estimate of drug-likeness (QED) is 0.546. The lowest BCUT2D eigenvalue weighted by molar-refractivity contribution is 0.0923. The van der Waals surface area contributed by atoms with Gasteiger partial charge in [0.15, 0.2) is 0 Å². The van der Waals surface area contributed by atoms with Crippen molar-refractivity contribution in [3.8, 4) is 11.3 Å². The summed E-state index contributed by atoms with van der Waals surface area (Å²) in [5.74, 6) is -0.0910. The lowest BCUT2D eigenvalue weighted by Crippen LogP contribution is -2.36. The second kappa shape index (κ2) is 6.44. The fourth-order valence-electron chi connectivity index (χ4n) is 3.95. The van der Waals surface area contributed by atoms with Crippen LogP contribution in [0.5, 0.6) is 0 Å². The molecule has 5 rings (SSSR count). The van der Waals surface area contributed by atoms with E-state index in [1.54, 1.807) is 12.4 Å². The van der Waals surface area contributed by atoms with Gasteiger partial charge in [-0.1, -0.05) is 36.9 Å². The number of hydrogen-bond donors (Lipinski definition) is 2. The number of H-pyrrole nitrogens is 1. The number of carbonyl (C=O) groups is 1. The van der Waals surface area contributed by atoms with Crippen LogP contribution in [-0.4, -0.2) is 25.7 Å². The predicted octanol–water partition coefficient (Wildman–Crippen LogP) is 4.03. The minimum Gasteiger partial charge on any atom is -0.341 e. The molecule has 6 heteroatoms. The molecule has 144 valence electrons. The molecule has 1 fully saturated rings. The molecule has 29 heavy (non-hydrogen) atoms. The normalized spacial score (nSPS) is 14.7. The first-order chi connectivity index (χ1) is 14.1. The van der Waals surface area contributed by atoms with Crippen molar-refractivity contribution in [2.75, 3.05) is 0 Å². The summed E-state index contributed by atoms with van der Waals surface area (Å²) in [6, 6.07) is 13.9. The fraction of sp³-hybridized carbons (Fsp3) is 0.174. The van der Waals surface area contributed by atoms with Crippen LogP contribution in [0.25, 0.3) is 28.4 Å². The molecule has 0 unspecified atom stereocenters. The molecule has 0 spiro atoms. The number of pyridine rings is 1. The van der Waals surface area contributed by atoms with Crippen molar-refractivity contribution < 1.29 is 4.79 Å². The smallest absolute Gasteiger partial charge is 0.268 e. The Morgan fingerprint density at radius 3 is 2.83 bits per heavy atom. The highest BCUT2D eigenvalue weighted by Gasteiger charge is 2.47. The van der Waals surface area contributed by atoms with Crippen molar-refractivity contribution in [1.82, 2.24) is 25.1 Å². The number of aryl methyl sites for hydroxylation is 1. The molecule has 1 aromatic carbocycles. The molecule has 0 aliphatic heterocycles. The third-order valence-electron chi connectivity index (χ3n) is 5.70. The zero-order valence-corrected chi connectivity index (χ0v) is 16.1. The van der Waals surface area contributed by atoms with E-state index in [1.165, 1.54) is 0 Å². The molecule has 4 aromatic rings. The van der Waals surface area contributed by atoms with Crippen LogP contribution in [0.3, 0.4) is 0 Å². The van der Waals surface area contributed by atoms with Crippen LogP contribution < -0.4 is 5.32 Å². The van der Waals surface area contributed by atoms with E-state index >= 15 is 0 Å². The zero-order chi connectivity index (χ0) is 20.0. The molecule has 0 bridgehead atoms. The first-order valence-electron chi connectivity index (χ1n) is 9.61. The van der Waals surface area contributed by atoms with Crippen molar-refractivity contribution in [3.63, 3.8) is 0 Å². The molecular formula is C23H21N5O. The number of amides is 1. The van der Waals surface area contributed by atoms with Crippen LogP contribution in [0.1, 0.15) is 34.5 Å². The molecule has 3 heterocycles. The van der Waals surface area contributed by atoms with Gasteiger partial charge in [-0.3, -0.25) is 9.89 Å². The zero-order valence-electron chi connectivity index (χ0n) is 16.1. The van der Waals surface area contributed by atoms with Crippen molar-refractivity contribution in [2.45, 2.75) is 18.4 Å². The van der Waals surface area contributed by atoms with E-state index in [4.69, 9.17) is 4.98 Å². The second-order valence-corrected chi connectivity index (χ2v) is 7.51. The summed E-state index contributed by atoms with van der Waals surface area (Å²) >= 11 is 0. The van der Waals surface area contributed by atoms with Crippen LogP contribution in [0.15, 0.2) is 61.4 Å². The summed E-state index contributed by atoms with van der Waals surface area (Å²) in [7, 11) is 1.88. The van der Waals surface area contributed by atoms with E-state index in [0.717, 1.165) is 46.3 Å². The van der Waals surface area contributed by atoms with Crippen LogP contribution in [0, 0.1) is 0 Å². The topological polar surface area (TPSA) is 75.6 Å². The van der Waals surface area contributed by atoms with Gasteiger partial charge in [0.2, 0.25) is 0 Å². The molecule has 1 aliphatic carbocycles. The first kappa shape index (κ1) is 17.4. The average Bonchev–Trinajstić information content (AvgIpc) is 3.17. The van der Waals surface area contributed by atoms with Gasteiger partial charge in [-0.2, -0.15) is 5.10 Å². The number of fused-ring (bicyclic) bond motifs is 1. The summed E-state index contributed by atoms with van der Waals surface area (Å²) in [6.07, 6.45) is 7.24. The number of benzene rings is 1. The highest BCUT2D eigenvalue weighted by Crippen LogP contribution is 2.47. The highest BCUT2D eigenvalue weighted by atomic mass is 16.2. The molecule has 0 atom stereocenters. The maximum absolute atomic E-state index is 13.2. The third kappa shape index (κ3) is 2.84. The minimum atomic E-state index is -0.312. The summed E-state index contributed by atoms with van der Waals surface area (Å²) in [5, 5.41) is 11.0. The Morgan fingerprint density at radius 1 is 1.28 bits per heavy atom. The molecule has 2 N–H and O–H groups in total. The highest BCUT2D eigenvalue weighted by molar-refractivity contribution is 5.99. The third-order valence-corrected chi connectivity index (χ3v) is 5.70. The van der Waals surface area contributed by atoms with E-state index in [2.05, 4.69) is 28.2 Å². The number of aromatic nitrogens is 4. The van der Waals surface area contributed by atoms with E-state index in [0.29, 0.717) is 5.69 Å². The Kier molecular flexibility index (Phi) is 3.87. The van der Waals surface area contributed by atoms with E-state index in [-0.39, 0.29) is 11.4 Å². The molecule has 0 radical (unpaired) electrons. The summed E-state index contributed by atoms with van der Waals surface area (Å²) < 4.78 is 1.85.